The highest BCUT2D eigenvalue weighted by atomic mass is 16.2. The van der Waals surface area contributed by atoms with Crippen LogP contribution < -0.4 is 16.0 Å². The van der Waals surface area contributed by atoms with Crippen molar-refractivity contribution in [2.75, 3.05) is 26.2 Å². The predicted molar refractivity (Wildman–Crippen MR) is 117 cm³/mol. The van der Waals surface area contributed by atoms with E-state index >= 15 is 0 Å². The summed E-state index contributed by atoms with van der Waals surface area (Å²) in [4.78, 5) is 26.7. The number of rotatable bonds is 8. The number of carbonyl (C=O) groups excluding carboxylic acids is 2. The topological polar surface area (TPSA) is 73.5 Å². The average Bonchev–Trinajstić information content (AvgIpc) is 2.74. The van der Waals surface area contributed by atoms with Gasteiger partial charge in [-0.2, -0.15) is 0 Å². The highest BCUT2D eigenvalue weighted by Gasteiger charge is 2.23. The van der Waals surface area contributed by atoms with Gasteiger partial charge in [-0.3, -0.25) is 4.79 Å². The Morgan fingerprint density at radius 2 is 1.38 bits per heavy atom. The molecule has 2 aliphatic carbocycles. The van der Waals surface area contributed by atoms with Gasteiger partial charge in [0.2, 0.25) is 5.91 Å². The van der Waals surface area contributed by atoms with E-state index in [-0.39, 0.29) is 11.9 Å². The monoisotopic (exact) mass is 406 g/mol. The Morgan fingerprint density at radius 3 is 2.07 bits per heavy atom. The Balaban J connectivity index is 1.20. The van der Waals surface area contributed by atoms with Crippen molar-refractivity contribution in [3.63, 3.8) is 0 Å². The number of hydrogen-bond donors (Lipinski definition) is 3. The van der Waals surface area contributed by atoms with Crippen molar-refractivity contribution >= 4 is 11.9 Å². The summed E-state index contributed by atoms with van der Waals surface area (Å²) in [6, 6.07) is 0.575. The lowest BCUT2D eigenvalue weighted by Crippen LogP contribution is -2.46. The smallest absolute Gasteiger partial charge is 0.315 e. The zero-order valence-corrected chi connectivity index (χ0v) is 18.2. The number of carbonyl (C=O) groups is 2. The van der Waals surface area contributed by atoms with Gasteiger partial charge in [0.15, 0.2) is 0 Å². The lowest BCUT2D eigenvalue weighted by atomic mass is 9.88. The van der Waals surface area contributed by atoms with Gasteiger partial charge >= 0.3 is 6.03 Å². The van der Waals surface area contributed by atoms with Crippen LogP contribution in [-0.2, 0) is 4.79 Å². The average molecular weight is 407 g/mol. The van der Waals surface area contributed by atoms with Gasteiger partial charge in [0.1, 0.15) is 0 Å². The molecule has 3 fully saturated rings. The number of nitrogens with zero attached hydrogens (tertiary/aromatic N) is 1. The van der Waals surface area contributed by atoms with Gasteiger partial charge in [0, 0.05) is 44.7 Å². The third kappa shape index (κ3) is 8.53. The third-order valence-electron chi connectivity index (χ3n) is 7.00. The second kappa shape index (κ2) is 12.4. The first-order chi connectivity index (χ1) is 14.2. The Hall–Kier alpha value is -1.30. The number of likely N-dealkylation sites (tertiary alicyclic amines) is 1. The highest BCUT2D eigenvalue weighted by molar-refractivity contribution is 5.76. The van der Waals surface area contributed by atoms with Crippen molar-refractivity contribution < 1.29 is 9.59 Å². The van der Waals surface area contributed by atoms with E-state index in [2.05, 4.69) is 20.9 Å². The zero-order chi connectivity index (χ0) is 20.3. The number of amides is 3. The first-order valence-corrected chi connectivity index (χ1v) is 12.2. The summed E-state index contributed by atoms with van der Waals surface area (Å²) in [5.41, 5.74) is 0. The number of hydrogen-bond acceptors (Lipinski definition) is 3. The molecule has 0 aromatic heterocycles. The molecular weight excluding hydrogens is 364 g/mol. The van der Waals surface area contributed by atoms with Gasteiger partial charge in [-0.1, -0.05) is 38.5 Å². The summed E-state index contributed by atoms with van der Waals surface area (Å²) in [6.07, 6.45) is 16.3. The van der Waals surface area contributed by atoms with E-state index in [0.29, 0.717) is 31.5 Å². The Kier molecular flexibility index (Phi) is 9.58. The fourth-order valence-corrected chi connectivity index (χ4v) is 5.23. The van der Waals surface area contributed by atoms with Crippen LogP contribution in [0.2, 0.25) is 0 Å². The maximum absolute atomic E-state index is 12.2. The lowest BCUT2D eigenvalue weighted by molar-refractivity contribution is -0.122. The number of piperidine rings is 1. The molecule has 29 heavy (non-hydrogen) atoms. The molecule has 166 valence electrons. The standard InChI is InChI=1S/C23H42N4O2/c28-22(12-7-15-24-23(29)26-20-10-5-2-6-11-20)25-21-13-16-27(17-14-21)18-19-8-3-1-4-9-19/h19-21H,1-18H2,(H,25,28)(H2,24,26,29). The van der Waals surface area contributed by atoms with Crippen LogP contribution in [0.25, 0.3) is 0 Å². The molecular formula is C23H42N4O2. The van der Waals surface area contributed by atoms with E-state index < -0.39 is 0 Å². The Bertz CT molecular complexity index is 493. The SMILES string of the molecule is O=C(CCCNC(=O)NC1CCCCC1)NC1CCN(CC2CCCCC2)CC1. The molecule has 0 bridgehead atoms. The molecule has 6 nitrogen and oxygen atoms in total. The fraction of sp³-hybridized carbons (Fsp3) is 0.913. The van der Waals surface area contributed by atoms with Crippen molar-refractivity contribution in [2.45, 2.75) is 102 Å². The van der Waals surface area contributed by atoms with Crippen molar-refractivity contribution in [1.82, 2.24) is 20.9 Å². The molecule has 0 unspecified atom stereocenters. The summed E-state index contributed by atoms with van der Waals surface area (Å²) < 4.78 is 0. The van der Waals surface area contributed by atoms with Gasteiger partial charge in [0.05, 0.1) is 0 Å². The van der Waals surface area contributed by atoms with Gasteiger partial charge in [0.25, 0.3) is 0 Å². The maximum atomic E-state index is 12.2. The van der Waals surface area contributed by atoms with Crippen molar-refractivity contribution in [3.8, 4) is 0 Å². The van der Waals surface area contributed by atoms with Gasteiger partial charge in [-0.25, -0.2) is 4.79 Å². The quantitative estimate of drug-likeness (QED) is 0.540. The fourth-order valence-electron chi connectivity index (χ4n) is 5.23. The van der Waals surface area contributed by atoms with Crippen LogP contribution >= 0.6 is 0 Å². The summed E-state index contributed by atoms with van der Waals surface area (Å²) in [6.45, 7) is 4.05. The lowest BCUT2D eigenvalue weighted by Gasteiger charge is -2.35. The molecule has 0 radical (unpaired) electrons. The Morgan fingerprint density at radius 1 is 0.759 bits per heavy atom. The molecule has 6 heteroatoms. The molecule has 1 heterocycles. The van der Waals surface area contributed by atoms with Gasteiger partial charge in [-0.05, 0) is 50.9 Å². The van der Waals surface area contributed by atoms with E-state index in [1.807, 2.05) is 0 Å². The van der Waals surface area contributed by atoms with E-state index in [0.717, 1.165) is 44.7 Å². The van der Waals surface area contributed by atoms with E-state index in [4.69, 9.17) is 0 Å². The molecule has 0 atom stereocenters. The molecule has 0 aromatic rings. The van der Waals surface area contributed by atoms with E-state index in [1.165, 1.54) is 57.9 Å². The predicted octanol–water partition coefficient (Wildman–Crippen LogP) is 3.56. The molecule has 0 aromatic carbocycles. The zero-order valence-electron chi connectivity index (χ0n) is 18.2. The minimum atomic E-state index is -0.0809. The van der Waals surface area contributed by atoms with Crippen LogP contribution in [0.4, 0.5) is 4.79 Å². The van der Waals surface area contributed by atoms with E-state index in [1.54, 1.807) is 0 Å². The molecule has 1 aliphatic heterocycles. The minimum absolute atomic E-state index is 0.0809. The van der Waals surface area contributed by atoms with Gasteiger partial charge in [-0.15, -0.1) is 0 Å². The maximum Gasteiger partial charge on any atom is 0.315 e. The summed E-state index contributed by atoms with van der Waals surface area (Å²) in [7, 11) is 0. The summed E-state index contributed by atoms with van der Waals surface area (Å²) in [5.74, 6) is 1.03. The minimum Gasteiger partial charge on any atom is -0.353 e. The van der Waals surface area contributed by atoms with Crippen LogP contribution in [0.1, 0.15) is 89.9 Å². The largest absolute Gasteiger partial charge is 0.353 e. The molecule has 0 spiro atoms. The Labute approximate surface area is 176 Å². The normalized spacial score (nSPS) is 22.9. The molecule has 3 rings (SSSR count). The molecule has 3 amide bonds. The second-order valence-electron chi connectivity index (χ2n) is 9.49. The van der Waals surface area contributed by atoms with E-state index in [9.17, 15) is 9.59 Å². The summed E-state index contributed by atoms with van der Waals surface area (Å²) >= 11 is 0. The first kappa shape index (κ1) is 22.4. The molecule has 3 aliphatic rings. The van der Waals surface area contributed by atoms with Crippen LogP contribution in [0.5, 0.6) is 0 Å². The van der Waals surface area contributed by atoms with Crippen molar-refractivity contribution in [3.05, 3.63) is 0 Å². The highest BCUT2D eigenvalue weighted by Crippen LogP contribution is 2.25. The van der Waals surface area contributed by atoms with Crippen LogP contribution in [0.15, 0.2) is 0 Å². The van der Waals surface area contributed by atoms with Crippen LogP contribution in [-0.4, -0.2) is 55.1 Å². The second-order valence-corrected chi connectivity index (χ2v) is 9.49. The van der Waals surface area contributed by atoms with Crippen LogP contribution in [0, 0.1) is 5.92 Å². The number of urea groups is 1. The molecule has 2 saturated carbocycles. The van der Waals surface area contributed by atoms with Crippen molar-refractivity contribution in [2.24, 2.45) is 5.92 Å². The number of nitrogens with one attached hydrogen (secondary N) is 3. The third-order valence-corrected chi connectivity index (χ3v) is 7.00. The van der Waals surface area contributed by atoms with Crippen molar-refractivity contribution in [1.29, 1.82) is 0 Å². The molecule has 1 saturated heterocycles. The van der Waals surface area contributed by atoms with Crippen LogP contribution in [0.3, 0.4) is 0 Å². The summed E-state index contributed by atoms with van der Waals surface area (Å²) in [5, 5.41) is 9.15. The molecule has 3 N–H and O–H groups in total. The first-order valence-electron chi connectivity index (χ1n) is 12.2. The van der Waals surface area contributed by atoms with Gasteiger partial charge < -0.3 is 20.9 Å².